The molecule has 0 fully saturated rings. The molecule has 0 bridgehead atoms. The van der Waals surface area contributed by atoms with Crippen molar-refractivity contribution in [2.75, 3.05) is 0 Å². The van der Waals surface area contributed by atoms with Gasteiger partial charge in [0.25, 0.3) is 0 Å². The van der Waals surface area contributed by atoms with Gasteiger partial charge < -0.3 is 4.57 Å². The zero-order valence-corrected chi connectivity index (χ0v) is 14.0. The van der Waals surface area contributed by atoms with Crippen LogP contribution in [0.2, 0.25) is 0 Å². The van der Waals surface area contributed by atoms with Crippen LogP contribution in [0.4, 0.5) is 0 Å². The molecule has 124 valence electrons. The Kier molecular flexibility index (Phi) is 4.04. The molecule has 0 atom stereocenters. The first kappa shape index (κ1) is 15.8. The lowest BCUT2D eigenvalue weighted by atomic mass is 10.1. The largest absolute Gasteiger partial charge is 0.317 e. The van der Waals surface area contributed by atoms with E-state index in [2.05, 4.69) is 11.1 Å². The molecule has 0 saturated carbocycles. The first-order valence-corrected chi connectivity index (χ1v) is 8.30. The standard InChI is InChI=1S/C22H15N3O/c23-14-16-7-6-8-17(13-16)15-25-20-12-5-4-11-19(20)24-22(25)21(26)18-9-2-1-3-10-18/h1-13H,15H2. The van der Waals surface area contributed by atoms with E-state index in [4.69, 9.17) is 5.26 Å². The third-order valence-corrected chi connectivity index (χ3v) is 4.29. The van der Waals surface area contributed by atoms with Gasteiger partial charge in [-0.3, -0.25) is 4.79 Å². The van der Waals surface area contributed by atoms with E-state index in [9.17, 15) is 4.79 Å². The lowest BCUT2D eigenvalue weighted by Gasteiger charge is -2.09. The molecule has 4 aromatic rings. The maximum atomic E-state index is 13.0. The van der Waals surface area contributed by atoms with Crippen LogP contribution < -0.4 is 0 Å². The van der Waals surface area contributed by atoms with E-state index in [1.807, 2.05) is 65.2 Å². The van der Waals surface area contributed by atoms with E-state index >= 15 is 0 Å². The number of nitriles is 1. The Morgan fingerprint density at radius 1 is 0.962 bits per heavy atom. The molecule has 0 amide bonds. The molecule has 1 aromatic heterocycles. The number of para-hydroxylation sites is 2. The van der Waals surface area contributed by atoms with Crippen LogP contribution in [-0.2, 0) is 6.54 Å². The van der Waals surface area contributed by atoms with E-state index < -0.39 is 0 Å². The normalized spacial score (nSPS) is 10.6. The van der Waals surface area contributed by atoms with Gasteiger partial charge in [0.1, 0.15) is 0 Å². The number of carbonyl (C=O) groups excluding carboxylic acids is 1. The number of benzene rings is 3. The molecule has 3 aromatic carbocycles. The zero-order valence-electron chi connectivity index (χ0n) is 14.0. The van der Waals surface area contributed by atoms with Gasteiger partial charge in [0, 0.05) is 12.1 Å². The lowest BCUT2D eigenvalue weighted by Crippen LogP contribution is -2.12. The number of nitrogens with zero attached hydrogens (tertiary/aromatic N) is 3. The smallest absolute Gasteiger partial charge is 0.228 e. The van der Waals surface area contributed by atoms with Crippen LogP contribution in [0.5, 0.6) is 0 Å². The van der Waals surface area contributed by atoms with Crippen molar-refractivity contribution in [1.82, 2.24) is 9.55 Å². The third kappa shape index (κ3) is 2.87. The van der Waals surface area contributed by atoms with Crippen LogP contribution in [-0.4, -0.2) is 15.3 Å². The highest BCUT2D eigenvalue weighted by Gasteiger charge is 2.19. The van der Waals surface area contributed by atoms with Gasteiger partial charge in [-0.15, -0.1) is 0 Å². The number of hydrogen-bond acceptors (Lipinski definition) is 3. The van der Waals surface area contributed by atoms with Crippen molar-refractivity contribution in [2.45, 2.75) is 6.54 Å². The molecular weight excluding hydrogens is 322 g/mol. The second-order valence-corrected chi connectivity index (χ2v) is 6.02. The SMILES string of the molecule is N#Cc1cccc(Cn2c(C(=O)c3ccccc3)nc3ccccc32)c1. The molecule has 4 nitrogen and oxygen atoms in total. The van der Waals surface area contributed by atoms with Gasteiger partial charge in [0.2, 0.25) is 5.78 Å². The number of rotatable bonds is 4. The van der Waals surface area contributed by atoms with E-state index in [-0.39, 0.29) is 5.78 Å². The maximum Gasteiger partial charge on any atom is 0.228 e. The first-order valence-electron chi connectivity index (χ1n) is 8.30. The molecule has 0 unspecified atom stereocenters. The van der Waals surface area contributed by atoms with Crippen molar-refractivity contribution >= 4 is 16.8 Å². The molecule has 0 aliphatic carbocycles. The molecule has 0 N–H and O–H groups in total. The van der Waals surface area contributed by atoms with E-state index in [1.54, 1.807) is 18.2 Å². The first-order chi connectivity index (χ1) is 12.8. The van der Waals surface area contributed by atoms with Crippen molar-refractivity contribution in [3.8, 4) is 6.07 Å². The monoisotopic (exact) mass is 337 g/mol. The Balaban J connectivity index is 1.84. The number of fused-ring (bicyclic) bond motifs is 1. The summed E-state index contributed by atoms with van der Waals surface area (Å²) in [5, 5.41) is 9.13. The molecule has 1 heterocycles. The van der Waals surface area contributed by atoms with Crippen LogP contribution >= 0.6 is 0 Å². The summed E-state index contributed by atoms with van der Waals surface area (Å²) in [5.41, 5.74) is 3.84. The highest BCUT2D eigenvalue weighted by molar-refractivity contribution is 6.08. The number of imidazole rings is 1. The summed E-state index contributed by atoms with van der Waals surface area (Å²) in [5.74, 6) is 0.290. The summed E-state index contributed by atoms with van der Waals surface area (Å²) in [4.78, 5) is 17.6. The minimum absolute atomic E-state index is 0.113. The predicted octanol–water partition coefficient (Wildman–Crippen LogP) is 4.19. The van der Waals surface area contributed by atoms with E-state index in [0.29, 0.717) is 23.5 Å². The van der Waals surface area contributed by atoms with Gasteiger partial charge in [-0.2, -0.15) is 5.26 Å². The summed E-state index contributed by atoms with van der Waals surface area (Å²) in [6.07, 6.45) is 0. The molecule has 0 aliphatic heterocycles. The number of carbonyl (C=O) groups is 1. The lowest BCUT2D eigenvalue weighted by molar-refractivity contribution is 0.102. The number of aromatic nitrogens is 2. The fraction of sp³-hybridized carbons (Fsp3) is 0.0455. The highest BCUT2D eigenvalue weighted by Crippen LogP contribution is 2.20. The van der Waals surface area contributed by atoms with Crippen LogP contribution in [0.3, 0.4) is 0 Å². The van der Waals surface area contributed by atoms with Gasteiger partial charge in [-0.1, -0.05) is 54.6 Å². The Morgan fingerprint density at radius 3 is 2.54 bits per heavy atom. The Hall–Kier alpha value is -3.71. The topological polar surface area (TPSA) is 58.7 Å². The van der Waals surface area contributed by atoms with Gasteiger partial charge in [-0.25, -0.2) is 4.98 Å². The fourth-order valence-corrected chi connectivity index (χ4v) is 3.05. The molecule has 0 radical (unpaired) electrons. The fourth-order valence-electron chi connectivity index (χ4n) is 3.05. The second kappa shape index (κ2) is 6.66. The number of ketones is 1. The Bertz CT molecular complexity index is 1140. The summed E-state index contributed by atoms with van der Waals surface area (Å²) in [6, 6.07) is 26.4. The minimum atomic E-state index is -0.113. The summed E-state index contributed by atoms with van der Waals surface area (Å²) < 4.78 is 1.92. The highest BCUT2D eigenvalue weighted by atomic mass is 16.1. The van der Waals surface area contributed by atoms with Crippen LogP contribution in [0, 0.1) is 11.3 Å². The second-order valence-electron chi connectivity index (χ2n) is 6.02. The summed E-state index contributed by atoms with van der Waals surface area (Å²) in [7, 11) is 0. The van der Waals surface area contributed by atoms with Crippen molar-refractivity contribution in [1.29, 1.82) is 5.26 Å². The predicted molar refractivity (Wildman–Crippen MR) is 99.9 cm³/mol. The minimum Gasteiger partial charge on any atom is -0.317 e. The van der Waals surface area contributed by atoms with Gasteiger partial charge in [-0.05, 0) is 29.8 Å². The number of hydrogen-bond donors (Lipinski definition) is 0. The summed E-state index contributed by atoms with van der Waals surface area (Å²) >= 11 is 0. The molecule has 4 heteroatoms. The molecule has 0 spiro atoms. The molecule has 0 aliphatic rings. The van der Waals surface area contributed by atoms with Crippen molar-refractivity contribution in [3.63, 3.8) is 0 Å². The maximum absolute atomic E-state index is 13.0. The van der Waals surface area contributed by atoms with E-state index in [0.717, 1.165) is 16.6 Å². The van der Waals surface area contributed by atoms with Crippen molar-refractivity contribution in [3.05, 3.63) is 101 Å². The third-order valence-electron chi connectivity index (χ3n) is 4.29. The van der Waals surface area contributed by atoms with Crippen LogP contribution in [0.15, 0.2) is 78.9 Å². The Labute approximate surface area is 151 Å². The van der Waals surface area contributed by atoms with Crippen LogP contribution in [0.1, 0.15) is 27.3 Å². The van der Waals surface area contributed by atoms with Gasteiger partial charge in [0.15, 0.2) is 5.82 Å². The van der Waals surface area contributed by atoms with Gasteiger partial charge in [0.05, 0.1) is 22.7 Å². The van der Waals surface area contributed by atoms with Gasteiger partial charge >= 0.3 is 0 Å². The molecular formula is C22H15N3O. The molecule has 4 rings (SSSR count). The molecule has 0 saturated heterocycles. The quantitative estimate of drug-likeness (QED) is 0.525. The molecule has 26 heavy (non-hydrogen) atoms. The Morgan fingerprint density at radius 2 is 1.73 bits per heavy atom. The average molecular weight is 337 g/mol. The van der Waals surface area contributed by atoms with Crippen LogP contribution in [0.25, 0.3) is 11.0 Å². The zero-order chi connectivity index (χ0) is 17.9. The van der Waals surface area contributed by atoms with Crippen molar-refractivity contribution < 1.29 is 4.79 Å². The summed E-state index contributed by atoms with van der Waals surface area (Å²) in [6.45, 7) is 0.476. The van der Waals surface area contributed by atoms with Crippen molar-refractivity contribution in [2.24, 2.45) is 0 Å². The average Bonchev–Trinajstić information content (AvgIpc) is 3.07. The van der Waals surface area contributed by atoms with E-state index in [1.165, 1.54) is 0 Å².